The maximum Gasteiger partial charge on any atom is 0.346 e. The standard InChI is InChI=1S/C22H26N4O3/c1-15-12-17(16(2)25(15)14-19-10-7-11-29-19)13-23-26-20(27)22(3,24-21(26)28)18-8-5-4-6-9-18/h4-6,8-9,12-13,19H,7,10-11,14H2,1-3H3,(H,24,28)/b23-13-/t19-,22-/m0/s1. The highest BCUT2D eigenvalue weighted by Gasteiger charge is 2.49. The monoisotopic (exact) mass is 394 g/mol. The lowest BCUT2D eigenvalue weighted by atomic mass is 9.92. The van der Waals surface area contributed by atoms with Crippen molar-refractivity contribution in [3.8, 4) is 0 Å². The van der Waals surface area contributed by atoms with Gasteiger partial charge in [-0.3, -0.25) is 4.79 Å². The summed E-state index contributed by atoms with van der Waals surface area (Å²) in [6, 6.07) is 10.7. The van der Waals surface area contributed by atoms with Gasteiger partial charge in [0.15, 0.2) is 0 Å². The van der Waals surface area contributed by atoms with Crippen molar-refractivity contribution < 1.29 is 14.3 Å². The van der Waals surface area contributed by atoms with E-state index in [4.69, 9.17) is 4.74 Å². The first-order valence-electron chi connectivity index (χ1n) is 9.94. The summed E-state index contributed by atoms with van der Waals surface area (Å²) in [4.78, 5) is 25.4. The molecule has 0 unspecified atom stereocenters. The average molecular weight is 394 g/mol. The van der Waals surface area contributed by atoms with Gasteiger partial charge in [-0.2, -0.15) is 5.10 Å². The van der Waals surface area contributed by atoms with Crippen molar-refractivity contribution in [2.24, 2.45) is 5.10 Å². The zero-order chi connectivity index (χ0) is 20.6. The molecule has 2 saturated heterocycles. The predicted octanol–water partition coefficient (Wildman–Crippen LogP) is 3.09. The van der Waals surface area contributed by atoms with Gasteiger partial charge in [-0.15, -0.1) is 5.01 Å². The molecule has 0 spiro atoms. The fourth-order valence-electron chi connectivity index (χ4n) is 4.05. The van der Waals surface area contributed by atoms with Crippen molar-refractivity contribution in [1.29, 1.82) is 0 Å². The first-order valence-corrected chi connectivity index (χ1v) is 9.94. The molecular weight excluding hydrogens is 368 g/mol. The van der Waals surface area contributed by atoms with E-state index in [1.807, 2.05) is 50.2 Å². The number of aromatic nitrogens is 1. The summed E-state index contributed by atoms with van der Waals surface area (Å²) in [6.07, 6.45) is 4.00. The minimum atomic E-state index is -1.12. The van der Waals surface area contributed by atoms with E-state index in [-0.39, 0.29) is 6.10 Å². The number of imide groups is 1. The number of rotatable bonds is 5. The molecule has 1 N–H and O–H groups in total. The zero-order valence-corrected chi connectivity index (χ0v) is 17.0. The molecular formula is C22H26N4O3. The second kappa shape index (κ2) is 7.48. The first-order chi connectivity index (χ1) is 13.9. The van der Waals surface area contributed by atoms with Gasteiger partial charge in [-0.05, 0) is 45.2 Å². The zero-order valence-electron chi connectivity index (χ0n) is 17.0. The maximum absolute atomic E-state index is 13.0. The van der Waals surface area contributed by atoms with E-state index < -0.39 is 17.5 Å². The Kier molecular flexibility index (Phi) is 5.00. The Morgan fingerprint density at radius 1 is 1.28 bits per heavy atom. The summed E-state index contributed by atoms with van der Waals surface area (Å²) in [5.74, 6) is -0.391. The number of amides is 3. The normalized spacial score (nSPS) is 24.7. The molecule has 0 radical (unpaired) electrons. The van der Waals surface area contributed by atoms with Crippen molar-refractivity contribution in [3.63, 3.8) is 0 Å². The van der Waals surface area contributed by atoms with Gasteiger partial charge in [0.05, 0.1) is 12.3 Å². The second-order valence-corrected chi connectivity index (χ2v) is 7.85. The van der Waals surface area contributed by atoms with E-state index in [2.05, 4.69) is 15.0 Å². The molecule has 2 aliphatic heterocycles. The van der Waals surface area contributed by atoms with Crippen molar-refractivity contribution in [2.75, 3.05) is 6.61 Å². The van der Waals surface area contributed by atoms with Gasteiger partial charge < -0.3 is 14.6 Å². The van der Waals surface area contributed by atoms with Crippen LogP contribution in [0.4, 0.5) is 4.79 Å². The molecule has 4 rings (SSSR count). The SMILES string of the molecule is Cc1cc(/C=N\N2C(=O)N[C@@](C)(c3ccccc3)C2=O)c(C)n1C[C@@H]1CCCO1. The van der Waals surface area contributed by atoms with E-state index >= 15 is 0 Å². The first kappa shape index (κ1) is 19.4. The smallest absolute Gasteiger partial charge is 0.346 e. The molecule has 0 aliphatic carbocycles. The molecule has 0 saturated carbocycles. The average Bonchev–Trinajstić information content (AvgIpc) is 3.37. The lowest BCUT2D eigenvalue weighted by molar-refractivity contribution is -0.131. The third-order valence-corrected chi connectivity index (χ3v) is 5.86. The highest BCUT2D eigenvalue weighted by Crippen LogP contribution is 2.29. The third-order valence-electron chi connectivity index (χ3n) is 5.86. The predicted molar refractivity (Wildman–Crippen MR) is 110 cm³/mol. The topological polar surface area (TPSA) is 75.9 Å². The molecule has 1 aromatic heterocycles. The molecule has 7 heteroatoms. The van der Waals surface area contributed by atoms with Crippen LogP contribution in [0.25, 0.3) is 0 Å². The number of hydrogen-bond acceptors (Lipinski definition) is 4. The Morgan fingerprint density at radius 2 is 2.03 bits per heavy atom. The van der Waals surface area contributed by atoms with Crippen molar-refractivity contribution in [3.05, 3.63) is 58.9 Å². The quantitative estimate of drug-likeness (QED) is 0.625. The number of aryl methyl sites for hydroxylation is 1. The van der Waals surface area contributed by atoms with Gasteiger partial charge in [-0.1, -0.05) is 30.3 Å². The highest BCUT2D eigenvalue weighted by molar-refractivity contribution is 6.07. The van der Waals surface area contributed by atoms with Crippen LogP contribution in [0.1, 0.15) is 42.3 Å². The van der Waals surface area contributed by atoms with Crippen molar-refractivity contribution >= 4 is 18.2 Å². The molecule has 152 valence electrons. The van der Waals surface area contributed by atoms with Crippen LogP contribution in [0.2, 0.25) is 0 Å². The number of hydrogen-bond donors (Lipinski definition) is 1. The van der Waals surface area contributed by atoms with Crippen LogP contribution in [-0.2, 0) is 21.6 Å². The Bertz CT molecular complexity index is 960. The summed E-state index contributed by atoms with van der Waals surface area (Å²) >= 11 is 0. The van der Waals surface area contributed by atoms with Gasteiger partial charge in [0.25, 0.3) is 5.91 Å². The van der Waals surface area contributed by atoms with E-state index in [9.17, 15) is 9.59 Å². The van der Waals surface area contributed by atoms with Gasteiger partial charge in [-0.25, -0.2) is 4.79 Å². The number of nitrogens with one attached hydrogen (secondary N) is 1. The molecule has 3 amide bonds. The number of carbonyl (C=O) groups excluding carboxylic acids is 2. The molecule has 2 fully saturated rings. The second-order valence-electron chi connectivity index (χ2n) is 7.85. The van der Waals surface area contributed by atoms with Crippen molar-refractivity contribution in [2.45, 2.75) is 51.8 Å². The maximum atomic E-state index is 13.0. The molecule has 0 bridgehead atoms. The van der Waals surface area contributed by atoms with Gasteiger partial charge >= 0.3 is 6.03 Å². The van der Waals surface area contributed by atoms with Crippen LogP contribution in [0.5, 0.6) is 0 Å². The molecule has 1 aromatic carbocycles. The van der Waals surface area contributed by atoms with Gasteiger partial charge in [0.1, 0.15) is 5.54 Å². The summed E-state index contributed by atoms with van der Waals surface area (Å²) in [7, 11) is 0. The van der Waals surface area contributed by atoms with Gasteiger partial charge in [0, 0.05) is 30.1 Å². The highest BCUT2D eigenvalue weighted by atomic mass is 16.5. The van der Waals surface area contributed by atoms with E-state index in [1.165, 1.54) is 0 Å². The Balaban J connectivity index is 1.55. The van der Waals surface area contributed by atoms with Crippen LogP contribution < -0.4 is 5.32 Å². The summed E-state index contributed by atoms with van der Waals surface area (Å²) < 4.78 is 7.96. The minimum Gasteiger partial charge on any atom is -0.376 e. The van der Waals surface area contributed by atoms with Crippen molar-refractivity contribution in [1.82, 2.24) is 14.9 Å². The molecule has 7 nitrogen and oxygen atoms in total. The number of nitrogens with zero attached hydrogens (tertiary/aromatic N) is 3. The van der Waals surface area contributed by atoms with E-state index in [0.29, 0.717) is 0 Å². The summed E-state index contributed by atoms with van der Waals surface area (Å²) in [5, 5.41) is 7.91. The molecule has 2 aromatic rings. The number of urea groups is 1. The summed E-state index contributed by atoms with van der Waals surface area (Å²) in [6.45, 7) is 7.39. The van der Waals surface area contributed by atoms with Gasteiger partial charge in [0.2, 0.25) is 0 Å². The minimum absolute atomic E-state index is 0.238. The molecule has 2 aliphatic rings. The van der Waals surface area contributed by atoms with Crippen LogP contribution in [0.15, 0.2) is 41.5 Å². The Labute approximate surface area is 170 Å². The molecule has 2 atom stereocenters. The lowest BCUT2D eigenvalue weighted by Gasteiger charge is -2.20. The number of carbonyl (C=O) groups is 2. The Hall–Kier alpha value is -2.93. The van der Waals surface area contributed by atoms with Crippen LogP contribution >= 0.6 is 0 Å². The fourth-order valence-corrected chi connectivity index (χ4v) is 4.05. The third kappa shape index (κ3) is 3.46. The molecule has 3 heterocycles. The number of benzene rings is 1. The molecule has 29 heavy (non-hydrogen) atoms. The van der Waals surface area contributed by atoms with E-state index in [1.54, 1.807) is 13.1 Å². The fraction of sp³-hybridized carbons (Fsp3) is 0.409. The number of hydrazone groups is 1. The van der Waals surface area contributed by atoms with Crippen LogP contribution in [0.3, 0.4) is 0 Å². The van der Waals surface area contributed by atoms with Crippen LogP contribution in [0, 0.1) is 13.8 Å². The lowest BCUT2D eigenvalue weighted by Crippen LogP contribution is -2.40. The van der Waals surface area contributed by atoms with Crippen LogP contribution in [-0.4, -0.2) is 40.4 Å². The summed E-state index contributed by atoms with van der Waals surface area (Å²) in [5.41, 5.74) is 2.64. The number of ether oxygens (including phenoxy) is 1. The van der Waals surface area contributed by atoms with E-state index in [0.717, 1.165) is 53.5 Å². The Morgan fingerprint density at radius 3 is 2.72 bits per heavy atom. The largest absolute Gasteiger partial charge is 0.376 e.